The Balaban J connectivity index is 2.63. The molecule has 1 aromatic rings. The Labute approximate surface area is 120 Å². The molecule has 0 saturated heterocycles. The van der Waals surface area contributed by atoms with E-state index in [-0.39, 0.29) is 11.9 Å². The molecule has 1 rings (SSSR count). The first-order valence-corrected chi connectivity index (χ1v) is 7.97. The summed E-state index contributed by atoms with van der Waals surface area (Å²) in [5.41, 5.74) is 9.45. The van der Waals surface area contributed by atoms with Gasteiger partial charge >= 0.3 is 0 Å². The monoisotopic (exact) mass is 280 g/mol. The second kappa shape index (κ2) is 7.56. The van der Waals surface area contributed by atoms with E-state index in [1.807, 2.05) is 13.2 Å². The maximum atomic E-state index is 12.0. The van der Waals surface area contributed by atoms with E-state index in [1.54, 1.807) is 11.8 Å². The SMILES string of the molecule is CSCC[C@@H](N)C(=O)NC(C)c1ccc(C)cc1C. The van der Waals surface area contributed by atoms with E-state index in [0.29, 0.717) is 6.42 Å². The van der Waals surface area contributed by atoms with Gasteiger partial charge in [-0.15, -0.1) is 0 Å². The Morgan fingerprint density at radius 3 is 2.68 bits per heavy atom. The van der Waals surface area contributed by atoms with E-state index in [1.165, 1.54) is 11.1 Å². The van der Waals surface area contributed by atoms with Crippen LogP contribution >= 0.6 is 11.8 Å². The minimum Gasteiger partial charge on any atom is -0.348 e. The number of aryl methyl sites for hydroxylation is 2. The highest BCUT2D eigenvalue weighted by molar-refractivity contribution is 7.98. The van der Waals surface area contributed by atoms with Gasteiger partial charge in [-0.2, -0.15) is 11.8 Å². The minimum absolute atomic E-state index is 0.00608. The average Bonchev–Trinajstić information content (AvgIpc) is 2.35. The lowest BCUT2D eigenvalue weighted by Gasteiger charge is -2.19. The molecule has 1 aromatic carbocycles. The number of nitrogens with one attached hydrogen (secondary N) is 1. The van der Waals surface area contributed by atoms with E-state index in [4.69, 9.17) is 5.73 Å². The van der Waals surface area contributed by atoms with Crippen LogP contribution in [0.1, 0.15) is 36.1 Å². The summed E-state index contributed by atoms with van der Waals surface area (Å²) in [7, 11) is 0. The van der Waals surface area contributed by atoms with Crippen molar-refractivity contribution in [2.75, 3.05) is 12.0 Å². The van der Waals surface area contributed by atoms with Gasteiger partial charge in [0.1, 0.15) is 0 Å². The molecule has 0 fully saturated rings. The van der Waals surface area contributed by atoms with Crippen molar-refractivity contribution in [2.45, 2.75) is 39.3 Å². The molecule has 0 aliphatic heterocycles. The predicted octanol–water partition coefficient (Wildman–Crippen LogP) is 2.56. The van der Waals surface area contributed by atoms with Crippen molar-refractivity contribution in [1.29, 1.82) is 0 Å². The number of thioether (sulfide) groups is 1. The van der Waals surface area contributed by atoms with Crippen molar-refractivity contribution in [2.24, 2.45) is 5.73 Å². The minimum atomic E-state index is -0.416. The number of amides is 1. The first kappa shape index (κ1) is 16.1. The van der Waals surface area contributed by atoms with Crippen molar-refractivity contribution in [3.63, 3.8) is 0 Å². The van der Waals surface area contributed by atoms with E-state index in [2.05, 4.69) is 37.4 Å². The Morgan fingerprint density at radius 1 is 1.42 bits per heavy atom. The standard InChI is InChI=1S/C15H24N2OS/c1-10-5-6-13(11(2)9-10)12(3)17-15(18)14(16)7-8-19-4/h5-6,9,12,14H,7-8,16H2,1-4H3,(H,17,18)/t12?,14-/m1/s1. The summed E-state index contributed by atoms with van der Waals surface area (Å²) in [6, 6.07) is 5.85. The van der Waals surface area contributed by atoms with Gasteiger partial charge in [-0.25, -0.2) is 0 Å². The quantitative estimate of drug-likeness (QED) is 0.842. The second-order valence-electron chi connectivity index (χ2n) is 4.98. The normalized spacial score (nSPS) is 13.9. The summed E-state index contributed by atoms with van der Waals surface area (Å²) < 4.78 is 0. The molecule has 4 heteroatoms. The van der Waals surface area contributed by atoms with Gasteiger partial charge in [0.25, 0.3) is 0 Å². The number of nitrogens with two attached hydrogens (primary N) is 1. The highest BCUT2D eigenvalue weighted by atomic mass is 32.2. The third kappa shape index (κ3) is 4.88. The van der Waals surface area contributed by atoms with Crippen molar-refractivity contribution in [3.05, 3.63) is 34.9 Å². The summed E-state index contributed by atoms with van der Waals surface area (Å²) in [6.07, 6.45) is 2.73. The number of carbonyl (C=O) groups excluding carboxylic acids is 1. The zero-order valence-corrected chi connectivity index (χ0v) is 13.0. The van der Waals surface area contributed by atoms with Gasteiger partial charge in [0.05, 0.1) is 12.1 Å². The van der Waals surface area contributed by atoms with Gasteiger partial charge < -0.3 is 11.1 Å². The lowest BCUT2D eigenvalue weighted by molar-refractivity contribution is -0.123. The molecule has 0 aliphatic rings. The van der Waals surface area contributed by atoms with Crippen LogP contribution in [0, 0.1) is 13.8 Å². The van der Waals surface area contributed by atoms with Crippen LogP contribution < -0.4 is 11.1 Å². The summed E-state index contributed by atoms with van der Waals surface area (Å²) in [5, 5.41) is 2.99. The molecule has 19 heavy (non-hydrogen) atoms. The predicted molar refractivity (Wildman–Crippen MR) is 83.4 cm³/mol. The number of benzene rings is 1. The molecule has 0 saturated carbocycles. The fourth-order valence-corrected chi connectivity index (χ4v) is 2.58. The zero-order valence-electron chi connectivity index (χ0n) is 12.2. The van der Waals surface area contributed by atoms with Gasteiger partial charge in [0, 0.05) is 0 Å². The first-order valence-electron chi connectivity index (χ1n) is 6.57. The third-order valence-electron chi connectivity index (χ3n) is 3.22. The van der Waals surface area contributed by atoms with Crippen molar-refractivity contribution in [1.82, 2.24) is 5.32 Å². The van der Waals surface area contributed by atoms with Crippen molar-refractivity contribution >= 4 is 17.7 Å². The average molecular weight is 280 g/mol. The Hall–Kier alpha value is -1.00. The van der Waals surface area contributed by atoms with Crippen LogP contribution in [-0.4, -0.2) is 24.0 Å². The molecule has 0 heterocycles. The second-order valence-corrected chi connectivity index (χ2v) is 5.96. The maximum absolute atomic E-state index is 12.0. The third-order valence-corrected chi connectivity index (χ3v) is 3.86. The van der Waals surface area contributed by atoms with Gasteiger partial charge in [-0.05, 0) is 50.3 Å². The van der Waals surface area contributed by atoms with Gasteiger partial charge in [0.2, 0.25) is 5.91 Å². The molecule has 0 radical (unpaired) electrons. The van der Waals surface area contributed by atoms with Crippen LogP contribution in [0.15, 0.2) is 18.2 Å². The van der Waals surface area contributed by atoms with Crippen LogP contribution in [0.2, 0.25) is 0 Å². The van der Waals surface area contributed by atoms with Crippen molar-refractivity contribution in [3.8, 4) is 0 Å². The number of carbonyl (C=O) groups is 1. The van der Waals surface area contributed by atoms with Crippen LogP contribution in [0.5, 0.6) is 0 Å². The molecule has 3 N–H and O–H groups in total. The zero-order chi connectivity index (χ0) is 14.4. The molecular formula is C15H24N2OS. The van der Waals surface area contributed by atoms with Crippen LogP contribution in [0.25, 0.3) is 0 Å². The lowest BCUT2D eigenvalue weighted by Crippen LogP contribution is -2.42. The molecular weight excluding hydrogens is 256 g/mol. The van der Waals surface area contributed by atoms with Gasteiger partial charge in [-0.1, -0.05) is 23.8 Å². The van der Waals surface area contributed by atoms with E-state index in [9.17, 15) is 4.79 Å². The van der Waals surface area contributed by atoms with E-state index < -0.39 is 6.04 Å². The van der Waals surface area contributed by atoms with Crippen LogP contribution in [0.3, 0.4) is 0 Å². The number of hydrogen-bond donors (Lipinski definition) is 2. The molecule has 0 spiro atoms. The Bertz CT molecular complexity index is 434. The van der Waals surface area contributed by atoms with E-state index >= 15 is 0 Å². The Kier molecular flexibility index (Phi) is 6.38. The largest absolute Gasteiger partial charge is 0.348 e. The van der Waals surface area contributed by atoms with E-state index in [0.717, 1.165) is 11.3 Å². The summed E-state index contributed by atoms with van der Waals surface area (Å²) in [4.78, 5) is 12.0. The highest BCUT2D eigenvalue weighted by Crippen LogP contribution is 2.18. The molecule has 0 bridgehead atoms. The fraction of sp³-hybridized carbons (Fsp3) is 0.533. The topological polar surface area (TPSA) is 55.1 Å². The molecule has 3 nitrogen and oxygen atoms in total. The Morgan fingerprint density at radius 2 is 2.11 bits per heavy atom. The highest BCUT2D eigenvalue weighted by Gasteiger charge is 2.17. The smallest absolute Gasteiger partial charge is 0.237 e. The van der Waals surface area contributed by atoms with Crippen LogP contribution in [0.4, 0.5) is 0 Å². The number of rotatable bonds is 6. The van der Waals surface area contributed by atoms with Gasteiger partial charge in [-0.3, -0.25) is 4.79 Å². The summed E-state index contributed by atoms with van der Waals surface area (Å²) in [5.74, 6) is 0.841. The fourth-order valence-electron chi connectivity index (χ4n) is 2.09. The molecule has 2 atom stereocenters. The molecule has 1 amide bonds. The first-order chi connectivity index (χ1) is 8.95. The molecule has 106 valence electrons. The van der Waals surface area contributed by atoms with Crippen molar-refractivity contribution < 1.29 is 4.79 Å². The van der Waals surface area contributed by atoms with Gasteiger partial charge in [0.15, 0.2) is 0 Å². The number of hydrogen-bond acceptors (Lipinski definition) is 3. The summed E-state index contributed by atoms with van der Waals surface area (Å²) >= 11 is 1.71. The summed E-state index contributed by atoms with van der Waals surface area (Å²) in [6.45, 7) is 6.13. The molecule has 0 aromatic heterocycles. The molecule has 0 aliphatic carbocycles. The molecule has 1 unspecified atom stereocenters. The van der Waals surface area contributed by atoms with Crippen LogP contribution in [-0.2, 0) is 4.79 Å². The lowest BCUT2D eigenvalue weighted by atomic mass is 10.00. The maximum Gasteiger partial charge on any atom is 0.237 e.